The number of piperazine rings is 1. The van der Waals surface area contributed by atoms with Crippen LogP contribution in [0.5, 0.6) is 0 Å². The molecule has 0 aliphatic carbocycles. The van der Waals surface area contributed by atoms with Crippen LogP contribution in [-0.4, -0.2) is 47.8 Å². The predicted molar refractivity (Wildman–Crippen MR) is 98.6 cm³/mol. The van der Waals surface area contributed by atoms with Crippen LogP contribution in [-0.2, 0) is 11.2 Å². The van der Waals surface area contributed by atoms with Crippen LogP contribution in [0.2, 0.25) is 5.02 Å². The van der Waals surface area contributed by atoms with Crippen LogP contribution in [0.25, 0.3) is 0 Å². The van der Waals surface area contributed by atoms with Gasteiger partial charge in [-0.05, 0) is 36.2 Å². The highest BCUT2D eigenvalue weighted by Crippen LogP contribution is 2.18. The number of hydrogen-bond donors (Lipinski definition) is 0. The summed E-state index contributed by atoms with van der Waals surface area (Å²) in [5.74, 6) is -1.45. The Kier molecular flexibility index (Phi) is 6.06. The van der Waals surface area contributed by atoms with Crippen LogP contribution in [0.3, 0.4) is 0 Å². The molecule has 1 fully saturated rings. The summed E-state index contributed by atoms with van der Waals surface area (Å²) in [5, 5.41) is 0.293. The van der Waals surface area contributed by atoms with Crippen LogP contribution >= 0.6 is 11.6 Å². The van der Waals surface area contributed by atoms with Crippen LogP contribution < -0.4 is 0 Å². The molecule has 4 nitrogen and oxygen atoms in total. The van der Waals surface area contributed by atoms with E-state index in [0.29, 0.717) is 43.2 Å². The molecule has 1 heterocycles. The van der Waals surface area contributed by atoms with Gasteiger partial charge in [0.25, 0.3) is 5.91 Å². The van der Waals surface area contributed by atoms with Crippen molar-refractivity contribution in [1.29, 1.82) is 0 Å². The normalized spacial score (nSPS) is 14.3. The van der Waals surface area contributed by atoms with Crippen LogP contribution in [0, 0.1) is 11.6 Å². The molecule has 2 aromatic carbocycles. The van der Waals surface area contributed by atoms with Gasteiger partial charge in [-0.3, -0.25) is 9.59 Å². The number of benzene rings is 2. The summed E-state index contributed by atoms with van der Waals surface area (Å²) in [5.41, 5.74) is 0.443. The highest BCUT2D eigenvalue weighted by Gasteiger charge is 2.26. The van der Waals surface area contributed by atoms with Crippen LogP contribution in [0.4, 0.5) is 8.78 Å². The van der Waals surface area contributed by atoms with Crippen molar-refractivity contribution in [3.8, 4) is 0 Å². The van der Waals surface area contributed by atoms with Crippen molar-refractivity contribution in [2.75, 3.05) is 26.2 Å². The van der Waals surface area contributed by atoms with Crippen LogP contribution in [0.15, 0.2) is 42.5 Å². The average Bonchev–Trinajstić information content (AvgIpc) is 2.68. The van der Waals surface area contributed by atoms with E-state index in [9.17, 15) is 18.4 Å². The topological polar surface area (TPSA) is 40.6 Å². The summed E-state index contributed by atoms with van der Waals surface area (Å²) in [7, 11) is 0. The summed E-state index contributed by atoms with van der Waals surface area (Å²) < 4.78 is 27.5. The maximum Gasteiger partial charge on any atom is 0.257 e. The number of nitrogens with zero attached hydrogens (tertiary/aromatic N) is 2. The third kappa shape index (κ3) is 4.63. The molecule has 0 atom stereocenters. The first kappa shape index (κ1) is 19.3. The Morgan fingerprint density at radius 2 is 1.59 bits per heavy atom. The number of hydrogen-bond acceptors (Lipinski definition) is 2. The lowest BCUT2D eigenvalue weighted by Crippen LogP contribution is -2.50. The molecule has 0 unspecified atom stereocenters. The Bertz CT molecular complexity index is 852. The van der Waals surface area contributed by atoms with Gasteiger partial charge < -0.3 is 9.80 Å². The number of amides is 2. The van der Waals surface area contributed by atoms with Crippen LogP contribution in [0.1, 0.15) is 22.3 Å². The number of aryl methyl sites for hydroxylation is 1. The molecular formula is C20H19ClF2N2O2. The second-order valence-corrected chi connectivity index (χ2v) is 6.83. The van der Waals surface area contributed by atoms with E-state index in [1.807, 2.05) is 0 Å². The van der Waals surface area contributed by atoms with E-state index in [2.05, 4.69) is 0 Å². The zero-order chi connectivity index (χ0) is 19.4. The van der Waals surface area contributed by atoms with Gasteiger partial charge in [0.1, 0.15) is 11.6 Å². The van der Waals surface area contributed by atoms with Crippen molar-refractivity contribution in [2.45, 2.75) is 12.8 Å². The molecule has 0 aromatic heterocycles. The molecule has 0 N–H and O–H groups in total. The fourth-order valence-electron chi connectivity index (χ4n) is 3.09. The Morgan fingerprint density at radius 3 is 2.30 bits per heavy atom. The maximum absolute atomic E-state index is 13.9. The van der Waals surface area contributed by atoms with Crippen molar-refractivity contribution in [3.05, 3.63) is 70.2 Å². The highest BCUT2D eigenvalue weighted by atomic mass is 35.5. The van der Waals surface area contributed by atoms with Gasteiger partial charge in [0.2, 0.25) is 5.91 Å². The van der Waals surface area contributed by atoms with E-state index in [0.717, 1.165) is 6.07 Å². The van der Waals surface area contributed by atoms with E-state index in [4.69, 9.17) is 11.6 Å². The SMILES string of the molecule is O=C(CCc1ccccc1F)N1CCN(C(=O)c2cc(Cl)ccc2F)CC1. The molecule has 7 heteroatoms. The standard InChI is InChI=1S/C20H19ClF2N2O2/c21-15-6-7-18(23)16(13-15)20(27)25-11-9-24(10-12-25)19(26)8-5-14-3-1-2-4-17(14)22/h1-4,6-7,13H,5,8-12H2. The fourth-order valence-corrected chi connectivity index (χ4v) is 3.26. The average molecular weight is 393 g/mol. The zero-order valence-corrected chi connectivity index (χ0v) is 15.4. The molecule has 1 aliphatic rings. The Labute approximate surface area is 161 Å². The van der Waals surface area contributed by atoms with Crippen molar-refractivity contribution >= 4 is 23.4 Å². The molecule has 27 heavy (non-hydrogen) atoms. The van der Waals surface area contributed by atoms with E-state index >= 15 is 0 Å². The van der Waals surface area contributed by atoms with Gasteiger partial charge >= 0.3 is 0 Å². The molecule has 1 saturated heterocycles. The predicted octanol–water partition coefficient (Wildman–Crippen LogP) is 3.54. The first-order chi connectivity index (χ1) is 13.0. The minimum atomic E-state index is -0.618. The van der Waals surface area contributed by atoms with Crippen molar-refractivity contribution in [2.24, 2.45) is 0 Å². The maximum atomic E-state index is 13.9. The molecule has 2 amide bonds. The number of carbonyl (C=O) groups is 2. The molecule has 0 saturated carbocycles. The molecule has 1 aliphatic heterocycles. The Balaban J connectivity index is 1.54. The van der Waals surface area contributed by atoms with Gasteiger partial charge in [0.15, 0.2) is 0 Å². The minimum absolute atomic E-state index is 0.0678. The number of rotatable bonds is 4. The summed E-state index contributed by atoms with van der Waals surface area (Å²) in [4.78, 5) is 28.0. The monoisotopic (exact) mass is 392 g/mol. The van der Waals surface area contributed by atoms with Gasteiger partial charge in [0.05, 0.1) is 5.56 Å². The lowest BCUT2D eigenvalue weighted by atomic mass is 10.1. The first-order valence-electron chi connectivity index (χ1n) is 8.71. The molecule has 0 spiro atoms. The molecule has 0 radical (unpaired) electrons. The zero-order valence-electron chi connectivity index (χ0n) is 14.6. The lowest BCUT2D eigenvalue weighted by Gasteiger charge is -2.35. The van der Waals surface area contributed by atoms with Crippen molar-refractivity contribution in [3.63, 3.8) is 0 Å². The molecule has 142 valence electrons. The summed E-state index contributed by atoms with van der Waals surface area (Å²) in [6.45, 7) is 1.36. The van der Waals surface area contributed by atoms with Gasteiger partial charge in [-0.25, -0.2) is 8.78 Å². The summed E-state index contributed by atoms with van der Waals surface area (Å²) >= 11 is 5.84. The first-order valence-corrected chi connectivity index (χ1v) is 9.09. The quantitative estimate of drug-likeness (QED) is 0.798. The Morgan fingerprint density at radius 1 is 0.926 bits per heavy atom. The molecule has 0 bridgehead atoms. The van der Waals surface area contributed by atoms with Gasteiger partial charge in [-0.1, -0.05) is 29.8 Å². The highest BCUT2D eigenvalue weighted by molar-refractivity contribution is 6.31. The molecule has 3 rings (SSSR count). The number of halogens is 3. The van der Waals surface area contributed by atoms with E-state index in [1.54, 1.807) is 23.1 Å². The van der Waals surface area contributed by atoms with Gasteiger partial charge in [-0.2, -0.15) is 0 Å². The summed E-state index contributed by atoms with van der Waals surface area (Å²) in [6, 6.07) is 10.3. The van der Waals surface area contributed by atoms with E-state index in [-0.39, 0.29) is 23.7 Å². The largest absolute Gasteiger partial charge is 0.339 e. The fraction of sp³-hybridized carbons (Fsp3) is 0.300. The minimum Gasteiger partial charge on any atom is -0.339 e. The van der Waals surface area contributed by atoms with Gasteiger partial charge in [-0.15, -0.1) is 0 Å². The molecular weight excluding hydrogens is 374 g/mol. The van der Waals surface area contributed by atoms with Crippen molar-refractivity contribution < 1.29 is 18.4 Å². The van der Waals surface area contributed by atoms with E-state index in [1.165, 1.54) is 23.1 Å². The van der Waals surface area contributed by atoms with Gasteiger partial charge in [0, 0.05) is 37.6 Å². The Hall–Kier alpha value is -2.47. The second-order valence-electron chi connectivity index (χ2n) is 6.39. The third-order valence-corrected chi connectivity index (χ3v) is 4.88. The lowest BCUT2D eigenvalue weighted by molar-refractivity contribution is -0.132. The smallest absolute Gasteiger partial charge is 0.257 e. The molecule has 2 aromatic rings. The van der Waals surface area contributed by atoms with E-state index < -0.39 is 11.7 Å². The number of carbonyl (C=O) groups excluding carboxylic acids is 2. The summed E-state index contributed by atoms with van der Waals surface area (Å²) in [6.07, 6.45) is 0.538. The van der Waals surface area contributed by atoms with Crippen molar-refractivity contribution in [1.82, 2.24) is 9.80 Å². The second kappa shape index (κ2) is 8.48. The third-order valence-electron chi connectivity index (χ3n) is 4.64.